The number of ether oxygens (including phenoxy) is 3. The average Bonchev–Trinajstić information content (AvgIpc) is 3.53. The minimum Gasteiger partial charge on any atom is -0.449 e. The molecule has 40 heavy (non-hydrogen) atoms. The third-order valence-corrected chi connectivity index (χ3v) is 7.66. The Morgan fingerprint density at radius 2 is 1.48 bits per heavy atom. The summed E-state index contributed by atoms with van der Waals surface area (Å²) in [4.78, 5) is 12.5. The number of nitrogens with zero attached hydrogens (tertiary/aromatic N) is 1. The SMILES string of the molecule is CCOC(=O)n1cc([C@@H]2O[C@H](COC(c3ccccc3)(c3ccccc3)c3ccccc3)CC2C)c(N)c1CN. The van der Waals surface area contributed by atoms with Gasteiger partial charge in [0, 0.05) is 18.3 Å². The molecular formula is C33H37N3O4. The first-order chi connectivity index (χ1) is 19.5. The van der Waals surface area contributed by atoms with Gasteiger partial charge in [0.05, 0.1) is 36.8 Å². The quantitative estimate of drug-likeness (QED) is 0.253. The lowest BCUT2D eigenvalue weighted by atomic mass is 9.80. The van der Waals surface area contributed by atoms with Gasteiger partial charge in [-0.05, 0) is 36.0 Å². The fourth-order valence-corrected chi connectivity index (χ4v) is 5.78. The van der Waals surface area contributed by atoms with Gasteiger partial charge >= 0.3 is 6.09 Å². The van der Waals surface area contributed by atoms with Gasteiger partial charge in [0.15, 0.2) is 0 Å². The molecule has 1 saturated heterocycles. The first-order valence-electron chi connectivity index (χ1n) is 13.8. The highest BCUT2D eigenvalue weighted by Gasteiger charge is 2.41. The molecule has 2 heterocycles. The van der Waals surface area contributed by atoms with Gasteiger partial charge in [-0.15, -0.1) is 0 Å². The Balaban J connectivity index is 1.46. The zero-order valence-electron chi connectivity index (χ0n) is 23.0. The van der Waals surface area contributed by atoms with Crippen LogP contribution in [0.3, 0.4) is 0 Å². The van der Waals surface area contributed by atoms with Crippen LogP contribution < -0.4 is 11.5 Å². The fourth-order valence-electron chi connectivity index (χ4n) is 5.78. The van der Waals surface area contributed by atoms with E-state index in [1.54, 1.807) is 13.1 Å². The maximum Gasteiger partial charge on any atom is 0.418 e. The average molecular weight is 540 g/mol. The Hall–Kier alpha value is -3.91. The van der Waals surface area contributed by atoms with Crippen molar-refractivity contribution in [3.63, 3.8) is 0 Å². The van der Waals surface area contributed by atoms with Crippen LogP contribution in [0.25, 0.3) is 0 Å². The monoisotopic (exact) mass is 539 g/mol. The van der Waals surface area contributed by atoms with Crippen molar-refractivity contribution >= 4 is 11.8 Å². The number of aromatic nitrogens is 1. The molecule has 0 spiro atoms. The third-order valence-electron chi connectivity index (χ3n) is 7.66. The Labute approximate surface area is 235 Å². The lowest BCUT2D eigenvalue weighted by Crippen LogP contribution is -2.35. The van der Waals surface area contributed by atoms with Crippen LogP contribution in [0, 0.1) is 5.92 Å². The maximum absolute atomic E-state index is 12.5. The summed E-state index contributed by atoms with van der Waals surface area (Å²) in [6.45, 7) is 4.64. The Morgan fingerprint density at radius 1 is 0.950 bits per heavy atom. The van der Waals surface area contributed by atoms with Gasteiger partial charge in [-0.25, -0.2) is 4.79 Å². The van der Waals surface area contributed by atoms with E-state index < -0.39 is 11.7 Å². The highest BCUT2D eigenvalue weighted by atomic mass is 16.6. The first-order valence-corrected chi connectivity index (χ1v) is 13.8. The summed E-state index contributed by atoms with van der Waals surface area (Å²) >= 11 is 0. The van der Waals surface area contributed by atoms with Gasteiger partial charge in [-0.3, -0.25) is 4.57 Å². The van der Waals surface area contributed by atoms with Crippen LogP contribution in [0.2, 0.25) is 0 Å². The van der Waals surface area contributed by atoms with Gasteiger partial charge < -0.3 is 25.7 Å². The van der Waals surface area contributed by atoms with Crippen LogP contribution in [0.5, 0.6) is 0 Å². The zero-order valence-corrected chi connectivity index (χ0v) is 23.0. The largest absolute Gasteiger partial charge is 0.449 e. The summed E-state index contributed by atoms with van der Waals surface area (Å²) < 4.78 is 20.2. The lowest BCUT2D eigenvalue weighted by molar-refractivity contribution is -0.0635. The molecule has 4 N–H and O–H groups in total. The smallest absolute Gasteiger partial charge is 0.418 e. The van der Waals surface area contributed by atoms with E-state index >= 15 is 0 Å². The van der Waals surface area contributed by atoms with Crippen LogP contribution in [-0.2, 0) is 26.4 Å². The minimum atomic E-state index is -0.826. The topological polar surface area (TPSA) is 102 Å². The predicted molar refractivity (Wildman–Crippen MR) is 156 cm³/mol. The highest BCUT2D eigenvalue weighted by Crippen LogP contribution is 2.44. The molecule has 7 heteroatoms. The second-order valence-corrected chi connectivity index (χ2v) is 10.2. The molecule has 208 valence electrons. The normalized spacial score (nSPS) is 19.0. The first kappa shape index (κ1) is 27.6. The van der Waals surface area contributed by atoms with E-state index in [0.717, 1.165) is 28.7 Å². The summed E-state index contributed by atoms with van der Waals surface area (Å²) in [5.74, 6) is 0.152. The summed E-state index contributed by atoms with van der Waals surface area (Å²) in [6, 6.07) is 30.9. The van der Waals surface area contributed by atoms with Crippen LogP contribution >= 0.6 is 0 Å². The predicted octanol–water partition coefficient (Wildman–Crippen LogP) is 6.01. The number of nitrogens with two attached hydrogens (primary N) is 2. The van der Waals surface area contributed by atoms with E-state index in [1.807, 2.05) is 54.6 Å². The van der Waals surface area contributed by atoms with Crippen molar-refractivity contribution in [2.24, 2.45) is 11.7 Å². The second-order valence-electron chi connectivity index (χ2n) is 10.2. The molecule has 1 aromatic heterocycles. The number of carbonyl (C=O) groups excluding carboxylic acids is 1. The second kappa shape index (κ2) is 12.1. The van der Waals surface area contributed by atoms with E-state index in [1.165, 1.54) is 4.57 Å². The molecule has 1 aliphatic rings. The maximum atomic E-state index is 12.5. The number of hydrogen-bond donors (Lipinski definition) is 2. The van der Waals surface area contributed by atoms with Crippen LogP contribution in [0.1, 0.15) is 54.3 Å². The van der Waals surface area contributed by atoms with Gasteiger partial charge in [0.1, 0.15) is 5.60 Å². The van der Waals surface area contributed by atoms with Crippen molar-refractivity contribution in [2.45, 2.75) is 44.6 Å². The molecule has 1 aliphatic heterocycles. The Bertz CT molecular complexity index is 1310. The third kappa shape index (κ3) is 5.16. The van der Waals surface area contributed by atoms with Gasteiger partial charge in [-0.1, -0.05) is 97.9 Å². The molecule has 0 aliphatic carbocycles. The minimum absolute atomic E-state index is 0.117. The molecule has 0 radical (unpaired) electrons. The van der Waals surface area contributed by atoms with E-state index in [-0.39, 0.29) is 31.3 Å². The number of rotatable bonds is 9. The van der Waals surface area contributed by atoms with Gasteiger partial charge in [-0.2, -0.15) is 0 Å². The van der Waals surface area contributed by atoms with Crippen molar-refractivity contribution in [2.75, 3.05) is 18.9 Å². The molecule has 0 saturated carbocycles. The highest BCUT2D eigenvalue weighted by molar-refractivity contribution is 5.75. The number of anilines is 1. The Morgan fingerprint density at radius 3 is 1.95 bits per heavy atom. The molecule has 1 fully saturated rings. The van der Waals surface area contributed by atoms with Crippen molar-refractivity contribution in [1.82, 2.24) is 4.57 Å². The summed E-state index contributed by atoms with van der Waals surface area (Å²) in [5.41, 5.74) is 16.5. The van der Waals surface area contributed by atoms with Crippen molar-refractivity contribution in [1.29, 1.82) is 0 Å². The van der Waals surface area contributed by atoms with Crippen molar-refractivity contribution < 1.29 is 19.0 Å². The van der Waals surface area contributed by atoms with Crippen LogP contribution in [0.4, 0.5) is 10.5 Å². The van der Waals surface area contributed by atoms with E-state index in [0.29, 0.717) is 18.0 Å². The van der Waals surface area contributed by atoms with E-state index in [9.17, 15) is 4.79 Å². The van der Waals surface area contributed by atoms with Gasteiger partial charge in [0.25, 0.3) is 0 Å². The molecule has 4 aromatic rings. The molecule has 3 aromatic carbocycles. The molecule has 5 rings (SSSR count). The standard InChI is InChI=1S/C33H37N3O4/c1-3-38-32(37)36-21-28(30(35)29(36)20-34)31-23(2)19-27(40-31)22-39-33(24-13-7-4-8-14-24,25-15-9-5-10-16-25)26-17-11-6-12-18-26/h4-18,21,23,27,31H,3,19-20,22,34-35H2,1-2H3/t23?,27-,31+/m0/s1. The molecule has 7 nitrogen and oxygen atoms in total. The van der Waals surface area contributed by atoms with Crippen LogP contribution in [0.15, 0.2) is 97.2 Å². The fraction of sp³-hybridized carbons (Fsp3) is 0.303. The molecule has 0 bridgehead atoms. The van der Waals surface area contributed by atoms with Crippen LogP contribution in [-0.4, -0.2) is 30.0 Å². The molecule has 0 amide bonds. The Kier molecular flexibility index (Phi) is 8.35. The van der Waals surface area contributed by atoms with E-state index in [4.69, 9.17) is 25.7 Å². The van der Waals surface area contributed by atoms with Gasteiger partial charge in [0.2, 0.25) is 0 Å². The molecule has 3 atom stereocenters. The summed E-state index contributed by atoms with van der Waals surface area (Å²) in [5, 5.41) is 0. The molecular weight excluding hydrogens is 502 g/mol. The number of nitrogen functional groups attached to an aromatic ring is 1. The number of benzene rings is 3. The summed E-state index contributed by atoms with van der Waals surface area (Å²) in [6.07, 6.45) is 1.52. The number of hydrogen-bond acceptors (Lipinski definition) is 6. The lowest BCUT2D eigenvalue weighted by Gasteiger charge is -2.36. The molecule has 1 unspecified atom stereocenters. The zero-order chi connectivity index (χ0) is 28.1. The van der Waals surface area contributed by atoms with Crippen molar-refractivity contribution in [3.05, 3.63) is 125 Å². The van der Waals surface area contributed by atoms with Crippen molar-refractivity contribution in [3.8, 4) is 0 Å². The van der Waals surface area contributed by atoms with E-state index in [2.05, 4.69) is 43.3 Å². The summed E-state index contributed by atoms with van der Waals surface area (Å²) in [7, 11) is 0. The number of carbonyl (C=O) groups is 1.